The van der Waals surface area contributed by atoms with Crippen LogP contribution in [0.1, 0.15) is 181 Å². The molecule has 1 heterocycles. The molecule has 1 aromatic carbocycles. The molecule has 362 valence electrons. The number of ketones is 3. The van der Waals surface area contributed by atoms with Crippen molar-refractivity contribution >= 4 is 23.3 Å². The van der Waals surface area contributed by atoms with Gasteiger partial charge >= 0.3 is 11.8 Å². The van der Waals surface area contributed by atoms with Crippen molar-refractivity contribution in [3.8, 4) is 11.5 Å². The van der Waals surface area contributed by atoms with E-state index < -0.39 is 39.5 Å². The smallest absolute Gasteiger partial charge is 0.317 e. The first kappa shape index (κ1) is 45.9. The molecule has 6 fully saturated rings. The van der Waals surface area contributed by atoms with Crippen LogP contribution < -0.4 is 9.47 Å². The van der Waals surface area contributed by atoms with Gasteiger partial charge in [0, 0.05) is 33.4 Å². The maximum absolute atomic E-state index is 14.8. The summed E-state index contributed by atoms with van der Waals surface area (Å²) in [4.78, 5) is 56.1. The monoisotopic (exact) mass is 917 g/mol. The lowest BCUT2D eigenvalue weighted by Gasteiger charge is -2.72. The molecule has 0 aromatic heterocycles. The summed E-state index contributed by atoms with van der Waals surface area (Å²) in [6.07, 6.45) is 16.0. The molecule has 9 heteroatoms. The number of carbonyl (C=O) groups is 4. The van der Waals surface area contributed by atoms with Gasteiger partial charge in [-0.05, 0) is 189 Å². The van der Waals surface area contributed by atoms with Crippen molar-refractivity contribution in [1.82, 2.24) is 0 Å². The van der Waals surface area contributed by atoms with Gasteiger partial charge in [-0.15, -0.1) is 0 Å². The molecule has 0 bridgehead atoms. The number of ether oxygens (including phenoxy) is 3. The summed E-state index contributed by atoms with van der Waals surface area (Å²) in [5, 5.41) is 24.3. The zero-order valence-corrected chi connectivity index (χ0v) is 42.6. The van der Waals surface area contributed by atoms with E-state index in [1.54, 1.807) is 6.08 Å². The molecule has 1 aromatic rings. The summed E-state index contributed by atoms with van der Waals surface area (Å²) < 4.78 is 19.3. The van der Waals surface area contributed by atoms with Crippen LogP contribution in [-0.2, 0) is 24.5 Å². The first-order valence-corrected chi connectivity index (χ1v) is 25.9. The van der Waals surface area contributed by atoms with Gasteiger partial charge in [0.2, 0.25) is 11.4 Å². The average Bonchev–Trinajstić information content (AvgIpc) is 3.27. The Bertz CT molecular complexity index is 2600. The third kappa shape index (κ3) is 5.05. The highest BCUT2D eigenvalue weighted by Crippen LogP contribution is 2.78. The van der Waals surface area contributed by atoms with E-state index in [4.69, 9.17) is 14.2 Å². The number of hydrogen-bond donors (Lipinski definition) is 2. The minimum atomic E-state index is -2.36. The highest BCUT2D eigenvalue weighted by atomic mass is 16.7. The largest absolute Gasteiger partial charge is 0.471 e. The van der Waals surface area contributed by atoms with E-state index in [0.717, 1.165) is 99.3 Å². The van der Waals surface area contributed by atoms with Crippen molar-refractivity contribution in [2.45, 2.75) is 189 Å². The molecule has 9 nitrogen and oxygen atoms in total. The molecule has 0 amide bonds. The summed E-state index contributed by atoms with van der Waals surface area (Å²) in [6, 6.07) is 1.99. The van der Waals surface area contributed by atoms with E-state index >= 15 is 0 Å². The van der Waals surface area contributed by atoms with E-state index in [1.165, 1.54) is 7.11 Å². The molecule has 0 unspecified atom stereocenters. The molecule has 6 saturated carbocycles. The fraction of sp³-hybridized carbons (Fsp3) is 0.724. The van der Waals surface area contributed by atoms with Crippen LogP contribution >= 0.6 is 0 Å². The highest BCUT2D eigenvalue weighted by molar-refractivity contribution is 6.10. The molecule has 2 N–H and O–H groups in total. The maximum Gasteiger partial charge on any atom is 0.317 e. The summed E-state index contributed by atoms with van der Waals surface area (Å²) in [7, 11) is 1.52. The number of allylic oxidation sites excluding steroid dienone is 3. The van der Waals surface area contributed by atoms with Gasteiger partial charge in [0.05, 0.1) is 12.5 Å². The van der Waals surface area contributed by atoms with Crippen molar-refractivity contribution in [2.24, 2.45) is 67.0 Å². The summed E-state index contributed by atoms with van der Waals surface area (Å²) >= 11 is 0. The Morgan fingerprint density at radius 2 is 1.42 bits per heavy atom. The predicted molar refractivity (Wildman–Crippen MR) is 254 cm³/mol. The molecular weight excluding hydrogens is 841 g/mol. The van der Waals surface area contributed by atoms with Crippen LogP contribution in [0.25, 0.3) is 0 Å². The first-order chi connectivity index (χ1) is 31.0. The number of esters is 1. The SMILES string of the molecule is COC(=O)[C@]1(C)CC[C@]2(C)CC[C@]3(C)[C@H]4CC=C5C(=CC(=O)[C@@]6(O)Oc7c(cc8c(c7C)C(=O)C=C7[C@@]8(C)CC[C@@]8(C)[C@@H]9C[C@@H](C)C(=O)[C@@H](O)[C@]9(C)CC[C@]78C)O[C@@]56C)[C@]4(C)CC[C@@]3(C)[C@@H]2C1. The van der Waals surface area contributed by atoms with Crippen LogP contribution in [0.2, 0.25) is 0 Å². The second-order valence-electron chi connectivity index (χ2n) is 26.7. The summed E-state index contributed by atoms with van der Waals surface area (Å²) in [6.45, 7) is 26.6. The molecule has 0 spiro atoms. The van der Waals surface area contributed by atoms with Gasteiger partial charge in [-0.2, -0.15) is 0 Å². The molecule has 10 aliphatic rings. The second kappa shape index (κ2) is 13.2. The van der Waals surface area contributed by atoms with Gasteiger partial charge in [0.25, 0.3) is 0 Å². The molecule has 67 heavy (non-hydrogen) atoms. The Labute approximate surface area is 398 Å². The summed E-state index contributed by atoms with van der Waals surface area (Å²) in [5.41, 5.74) is 0.681. The minimum Gasteiger partial charge on any atom is -0.471 e. The van der Waals surface area contributed by atoms with Gasteiger partial charge in [0.15, 0.2) is 23.1 Å². The zero-order chi connectivity index (χ0) is 48.5. The topological polar surface area (TPSA) is 136 Å². The number of hydrogen-bond acceptors (Lipinski definition) is 9. The number of methoxy groups -OCH3 is 1. The number of fused-ring (bicyclic) bond motifs is 17. The van der Waals surface area contributed by atoms with Crippen LogP contribution in [0.15, 0.2) is 41.0 Å². The fourth-order valence-corrected chi connectivity index (χ4v) is 19.1. The van der Waals surface area contributed by atoms with Crippen LogP contribution in [-0.4, -0.2) is 58.1 Å². The molecule has 0 radical (unpaired) electrons. The average molecular weight is 917 g/mol. The number of carbonyl (C=O) groups excluding carboxylic acids is 4. The van der Waals surface area contributed by atoms with Gasteiger partial charge in [-0.25, -0.2) is 0 Å². The predicted octanol–water partition coefficient (Wildman–Crippen LogP) is 10.8. The fourth-order valence-electron chi connectivity index (χ4n) is 19.1. The van der Waals surface area contributed by atoms with E-state index in [0.29, 0.717) is 29.2 Å². The second-order valence-corrected chi connectivity index (χ2v) is 26.7. The third-order valence-electron chi connectivity index (χ3n) is 24.1. The van der Waals surface area contributed by atoms with Crippen molar-refractivity contribution in [1.29, 1.82) is 0 Å². The maximum atomic E-state index is 14.8. The van der Waals surface area contributed by atoms with Crippen LogP contribution in [0, 0.1) is 73.9 Å². The summed E-state index contributed by atoms with van der Waals surface area (Å²) in [5.74, 6) is -2.08. The standard InChI is InChI=1S/C58H76O9/c1-31-26-39-52(7,46(62)44(31)61)21-25-55(10)40-29-36(59)43-32(2)45-37(27-35(43)51(40,6)20-23-54(39,55)9)66-57(12)33-14-15-38-50(5,34(33)28-42(60)58(57,64)67-45)19-24-56(11)41-30-49(4,47(63)65-13)17-16-48(41,3)18-22-53(38,56)8/h14,27-29,31,38-39,41,46,62,64H,15-26,30H2,1-13H3/t31-,38+,39-,41-,46-,48-,49-,50+,51+,52-,53-,54+,55-,56+,57+,58-/m1/s1. The lowest BCUT2D eigenvalue weighted by Crippen LogP contribution is -2.71. The third-order valence-corrected chi connectivity index (χ3v) is 24.1. The first-order valence-electron chi connectivity index (χ1n) is 25.9. The normalized spacial score (nSPS) is 51.3. The lowest BCUT2D eigenvalue weighted by molar-refractivity contribution is -0.236. The molecule has 0 saturated heterocycles. The minimum absolute atomic E-state index is 0.0456. The van der Waals surface area contributed by atoms with Gasteiger partial charge < -0.3 is 24.4 Å². The van der Waals surface area contributed by atoms with Crippen LogP contribution in [0.5, 0.6) is 11.5 Å². The Kier molecular flexibility index (Phi) is 9.06. The van der Waals surface area contributed by atoms with E-state index in [2.05, 4.69) is 68.4 Å². The molecule has 9 aliphatic carbocycles. The van der Waals surface area contributed by atoms with Crippen molar-refractivity contribution in [2.75, 3.05) is 7.11 Å². The molecule has 1 aliphatic heterocycles. The number of Topliss-reactive ketones (excluding diaryl/α,β-unsaturated/α-hetero) is 1. The van der Waals surface area contributed by atoms with E-state index in [-0.39, 0.29) is 73.5 Å². The number of aliphatic hydroxyl groups excluding tert-OH is 1. The highest BCUT2D eigenvalue weighted by Gasteiger charge is 2.73. The van der Waals surface area contributed by atoms with Gasteiger partial charge in [-0.1, -0.05) is 68.4 Å². The van der Waals surface area contributed by atoms with Gasteiger partial charge in [0.1, 0.15) is 6.10 Å². The van der Waals surface area contributed by atoms with E-state index in [9.17, 15) is 29.4 Å². The lowest BCUT2D eigenvalue weighted by atomic mass is 9.32. The molecule has 11 rings (SSSR count). The molecular formula is C58H76O9. The number of benzene rings is 1. The number of aliphatic hydroxyl groups is 2. The Morgan fingerprint density at radius 3 is 2.12 bits per heavy atom. The van der Waals surface area contributed by atoms with E-state index in [1.807, 2.05) is 32.9 Å². The van der Waals surface area contributed by atoms with Crippen LogP contribution in [0.3, 0.4) is 0 Å². The Balaban J connectivity index is 0.965. The van der Waals surface area contributed by atoms with Crippen molar-refractivity contribution in [3.05, 3.63) is 57.7 Å². The zero-order valence-electron chi connectivity index (χ0n) is 42.6. The van der Waals surface area contributed by atoms with Crippen LogP contribution in [0.4, 0.5) is 0 Å². The Hall–Kier alpha value is -3.56. The Morgan fingerprint density at radius 1 is 0.761 bits per heavy atom. The van der Waals surface area contributed by atoms with Crippen molar-refractivity contribution < 1.29 is 43.6 Å². The van der Waals surface area contributed by atoms with Crippen molar-refractivity contribution in [3.63, 3.8) is 0 Å². The molecule has 16 atom stereocenters. The number of rotatable bonds is 1. The quantitative estimate of drug-likeness (QED) is 0.264. The van der Waals surface area contributed by atoms with Gasteiger partial charge in [-0.3, -0.25) is 19.2 Å².